The minimum Gasteiger partial charge on any atom is -0.307 e. The normalized spacial score (nSPS) is 37.2. The third-order valence-corrected chi connectivity index (χ3v) is 4.81. The highest BCUT2D eigenvalue weighted by Crippen LogP contribution is 2.49. The molecule has 0 amide bonds. The van der Waals surface area contributed by atoms with Gasteiger partial charge < -0.3 is 5.32 Å². The van der Waals surface area contributed by atoms with Crippen LogP contribution in [0, 0.1) is 5.92 Å². The van der Waals surface area contributed by atoms with E-state index >= 15 is 0 Å². The summed E-state index contributed by atoms with van der Waals surface area (Å²) >= 11 is 1.94. The molecule has 0 bridgehead atoms. The van der Waals surface area contributed by atoms with Crippen molar-refractivity contribution in [2.24, 2.45) is 5.92 Å². The highest BCUT2D eigenvalue weighted by atomic mass is 32.1. The molecule has 2 unspecified atom stereocenters. The van der Waals surface area contributed by atoms with Gasteiger partial charge in [0.1, 0.15) is 0 Å². The minimum absolute atomic E-state index is 0.383. The van der Waals surface area contributed by atoms with E-state index in [9.17, 15) is 0 Å². The lowest BCUT2D eigenvalue weighted by molar-refractivity contribution is 0.0885. The maximum atomic E-state index is 3.73. The molecule has 1 aromatic heterocycles. The van der Waals surface area contributed by atoms with E-state index in [0.717, 1.165) is 5.92 Å². The van der Waals surface area contributed by atoms with E-state index in [2.05, 4.69) is 23.7 Å². The zero-order valence-corrected chi connectivity index (χ0v) is 8.79. The Morgan fingerprint density at radius 3 is 3.23 bits per heavy atom. The van der Waals surface area contributed by atoms with Gasteiger partial charge in [-0.1, -0.05) is 6.92 Å². The Morgan fingerprint density at radius 1 is 1.62 bits per heavy atom. The lowest BCUT2D eigenvalue weighted by Crippen LogP contribution is -2.57. The first kappa shape index (κ1) is 8.01. The van der Waals surface area contributed by atoms with Crippen molar-refractivity contribution in [2.75, 3.05) is 6.54 Å². The van der Waals surface area contributed by atoms with E-state index in [0.29, 0.717) is 5.54 Å². The van der Waals surface area contributed by atoms with Crippen molar-refractivity contribution in [2.45, 2.75) is 31.7 Å². The van der Waals surface area contributed by atoms with Crippen LogP contribution in [0.25, 0.3) is 0 Å². The molecule has 3 rings (SSSR count). The van der Waals surface area contributed by atoms with Gasteiger partial charge in [-0.25, -0.2) is 0 Å². The Bertz CT molecular complexity index is 331. The van der Waals surface area contributed by atoms with Crippen molar-refractivity contribution in [3.63, 3.8) is 0 Å². The van der Waals surface area contributed by atoms with Crippen molar-refractivity contribution >= 4 is 11.3 Å². The second-order valence-corrected chi connectivity index (χ2v) is 5.35. The maximum absolute atomic E-state index is 3.73. The Labute approximate surface area is 83.2 Å². The molecule has 13 heavy (non-hydrogen) atoms. The summed E-state index contributed by atoms with van der Waals surface area (Å²) < 4.78 is 0. The van der Waals surface area contributed by atoms with E-state index in [1.54, 1.807) is 10.4 Å². The lowest BCUT2D eigenvalue weighted by atomic mass is 9.62. The van der Waals surface area contributed by atoms with Gasteiger partial charge in [0.25, 0.3) is 0 Å². The first-order valence-electron chi connectivity index (χ1n) is 5.15. The summed E-state index contributed by atoms with van der Waals surface area (Å²) in [4.78, 5) is 1.63. The number of fused-ring (bicyclic) bond motifs is 2. The molecule has 0 radical (unpaired) electrons. The number of nitrogens with one attached hydrogen (secondary N) is 1. The van der Waals surface area contributed by atoms with Crippen LogP contribution in [-0.4, -0.2) is 6.54 Å². The van der Waals surface area contributed by atoms with Gasteiger partial charge in [-0.05, 0) is 42.2 Å². The Balaban J connectivity index is 2.09. The molecule has 70 valence electrons. The first-order chi connectivity index (χ1) is 6.33. The third-order valence-electron chi connectivity index (χ3n) is 3.83. The Hall–Kier alpha value is -0.340. The summed E-state index contributed by atoms with van der Waals surface area (Å²) in [7, 11) is 0. The SMILES string of the molecule is CC1CCC12NCCc1sccc12. The molecule has 2 atom stereocenters. The molecule has 1 fully saturated rings. The van der Waals surface area contributed by atoms with Crippen molar-refractivity contribution in [3.8, 4) is 0 Å². The van der Waals surface area contributed by atoms with Crippen LogP contribution >= 0.6 is 11.3 Å². The average Bonchev–Trinajstić information content (AvgIpc) is 2.62. The fourth-order valence-corrected chi connectivity index (χ4v) is 3.78. The molecule has 2 heteroatoms. The molecule has 1 aromatic rings. The molecule has 2 heterocycles. The van der Waals surface area contributed by atoms with Crippen molar-refractivity contribution in [1.82, 2.24) is 5.32 Å². The van der Waals surface area contributed by atoms with E-state index in [-0.39, 0.29) is 0 Å². The van der Waals surface area contributed by atoms with Crippen molar-refractivity contribution in [3.05, 3.63) is 21.9 Å². The standard InChI is InChI=1S/C11H15NS/c1-8-2-5-11(8)9-4-7-13-10(9)3-6-12-11/h4,7-8,12H,2-3,5-6H2,1H3. The second-order valence-electron chi connectivity index (χ2n) is 4.35. The summed E-state index contributed by atoms with van der Waals surface area (Å²) in [5.41, 5.74) is 2.00. The van der Waals surface area contributed by atoms with Gasteiger partial charge in [-0.3, -0.25) is 0 Å². The molecule has 1 nitrogen and oxygen atoms in total. The topological polar surface area (TPSA) is 12.0 Å². The van der Waals surface area contributed by atoms with E-state index in [1.165, 1.54) is 25.8 Å². The highest BCUT2D eigenvalue weighted by Gasteiger charge is 2.47. The molecular formula is C11H15NS. The van der Waals surface area contributed by atoms with Crippen molar-refractivity contribution < 1.29 is 0 Å². The number of thiophene rings is 1. The third kappa shape index (κ3) is 0.906. The van der Waals surface area contributed by atoms with Gasteiger partial charge >= 0.3 is 0 Å². The van der Waals surface area contributed by atoms with Crippen LogP contribution in [0.2, 0.25) is 0 Å². The zero-order chi connectivity index (χ0) is 8.89. The van der Waals surface area contributed by atoms with Gasteiger partial charge in [0.2, 0.25) is 0 Å². The van der Waals surface area contributed by atoms with Gasteiger partial charge in [0.15, 0.2) is 0 Å². The second kappa shape index (κ2) is 2.58. The largest absolute Gasteiger partial charge is 0.307 e. The van der Waals surface area contributed by atoms with E-state index in [1.807, 2.05) is 11.3 Å². The molecule has 1 aliphatic carbocycles. The molecular weight excluding hydrogens is 178 g/mol. The number of hydrogen-bond donors (Lipinski definition) is 1. The van der Waals surface area contributed by atoms with Crippen LogP contribution in [0.1, 0.15) is 30.2 Å². The first-order valence-corrected chi connectivity index (χ1v) is 6.03. The van der Waals surface area contributed by atoms with Crippen LogP contribution in [-0.2, 0) is 12.0 Å². The fraction of sp³-hybridized carbons (Fsp3) is 0.636. The molecule has 0 aromatic carbocycles. The van der Waals surface area contributed by atoms with E-state index in [4.69, 9.17) is 0 Å². The smallest absolute Gasteiger partial charge is 0.0471 e. The molecule has 1 spiro atoms. The van der Waals surface area contributed by atoms with Crippen LogP contribution in [0.15, 0.2) is 11.4 Å². The molecule has 1 N–H and O–H groups in total. The minimum atomic E-state index is 0.383. The summed E-state index contributed by atoms with van der Waals surface area (Å²) in [6.07, 6.45) is 3.97. The average molecular weight is 193 g/mol. The van der Waals surface area contributed by atoms with Gasteiger partial charge in [0.05, 0.1) is 0 Å². The molecule has 2 aliphatic rings. The molecule has 1 aliphatic heterocycles. The van der Waals surface area contributed by atoms with E-state index < -0.39 is 0 Å². The summed E-state index contributed by atoms with van der Waals surface area (Å²) in [6.45, 7) is 3.56. The molecule has 1 saturated carbocycles. The quantitative estimate of drug-likeness (QED) is 0.667. The lowest BCUT2D eigenvalue weighted by Gasteiger charge is -2.51. The zero-order valence-electron chi connectivity index (χ0n) is 7.97. The predicted octanol–water partition coefficient (Wildman–Crippen LogP) is 2.52. The van der Waals surface area contributed by atoms with Crippen LogP contribution < -0.4 is 5.32 Å². The van der Waals surface area contributed by atoms with Gasteiger partial charge in [-0.15, -0.1) is 11.3 Å². The van der Waals surface area contributed by atoms with Crippen LogP contribution in [0.4, 0.5) is 0 Å². The van der Waals surface area contributed by atoms with Crippen LogP contribution in [0.5, 0.6) is 0 Å². The maximum Gasteiger partial charge on any atom is 0.0471 e. The Morgan fingerprint density at radius 2 is 2.54 bits per heavy atom. The van der Waals surface area contributed by atoms with Gasteiger partial charge in [0, 0.05) is 17.0 Å². The number of rotatable bonds is 0. The van der Waals surface area contributed by atoms with Crippen LogP contribution in [0.3, 0.4) is 0 Å². The van der Waals surface area contributed by atoms with Crippen molar-refractivity contribution in [1.29, 1.82) is 0 Å². The fourth-order valence-electron chi connectivity index (χ4n) is 2.81. The Kier molecular flexibility index (Phi) is 1.59. The monoisotopic (exact) mass is 193 g/mol. The summed E-state index contributed by atoms with van der Waals surface area (Å²) in [5.74, 6) is 0.834. The summed E-state index contributed by atoms with van der Waals surface area (Å²) in [5, 5.41) is 5.99. The molecule has 0 saturated heterocycles. The predicted molar refractivity (Wildman–Crippen MR) is 56.1 cm³/mol. The highest BCUT2D eigenvalue weighted by molar-refractivity contribution is 7.10. The number of hydrogen-bond acceptors (Lipinski definition) is 2. The summed E-state index contributed by atoms with van der Waals surface area (Å²) in [6, 6.07) is 2.34. The van der Waals surface area contributed by atoms with Gasteiger partial charge in [-0.2, -0.15) is 0 Å².